The van der Waals surface area contributed by atoms with Gasteiger partial charge in [-0.3, -0.25) is 4.90 Å². The molecule has 0 saturated heterocycles. The number of halogens is 3. The van der Waals surface area contributed by atoms with E-state index in [2.05, 4.69) is 5.32 Å². The molecule has 0 bridgehead atoms. The van der Waals surface area contributed by atoms with Crippen LogP contribution in [0.1, 0.15) is 17.4 Å². The number of rotatable bonds is 8. The molecule has 0 aliphatic heterocycles. The van der Waals surface area contributed by atoms with E-state index in [9.17, 15) is 13.2 Å². The van der Waals surface area contributed by atoms with Crippen LogP contribution in [-0.4, -0.2) is 38.3 Å². The second kappa shape index (κ2) is 8.21. The first-order valence-corrected chi connectivity index (χ1v) is 7.54. The number of nitrogens with zero attached hydrogens (tertiary/aromatic N) is 1. The average molecular weight is 342 g/mol. The Morgan fingerprint density at radius 1 is 1.21 bits per heavy atom. The maximum absolute atomic E-state index is 12.2. The van der Waals surface area contributed by atoms with Crippen LogP contribution in [0.15, 0.2) is 47.1 Å². The lowest BCUT2D eigenvalue weighted by molar-refractivity contribution is -0.153. The fourth-order valence-electron chi connectivity index (χ4n) is 2.28. The molecule has 7 heteroatoms. The van der Waals surface area contributed by atoms with E-state index in [0.717, 1.165) is 11.3 Å². The third-order valence-electron chi connectivity index (χ3n) is 3.46. The molecule has 132 valence electrons. The maximum atomic E-state index is 12.2. The van der Waals surface area contributed by atoms with Gasteiger partial charge in [-0.25, -0.2) is 0 Å². The van der Waals surface area contributed by atoms with Gasteiger partial charge in [-0.2, -0.15) is 13.2 Å². The van der Waals surface area contributed by atoms with Crippen molar-refractivity contribution in [2.45, 2.75) is 18.8 Å². The molecule has 2 aromatic rings. The zero-order valence-electron chi connectivity index (χ0n) is 13.6. The number of hydrogen-bond donors (Lipinski definition) is 1. The van der Waals surface area contributed by atoms with Gasteiger partial charge in [0.05, 0.1) is 12.3 Å². The Kier molecular flexibility index (Phi) is 6.28. The summed E-state index contributed by atoms with van der Waals surface area (Å²) in [4.78, 5) is 2.04. The van der Waals surface area contributed by atoms with Crippen LogP contribution in [0.5, 0.6) is 5.75 Å². The van der Waals surface area contributed by atoms with Gasteiger partial charge in [0, 0.05) is 13.1 Å². The molecule has 1 N–H and O–H groups in total. The molecule has 1 atom stereocenters. The molecule has 0 radical (unpaired) electrons. The van der Waals surface area contributed by atoms with Crippen LogP contribution < -0.4 is 10.1 Å². The Morgan fingerprint density at radius 2 is 2.00 bits per heavy atom. The molecule has 0 fully saturated rings. The van der Waals surface area contributed by atoms with E-state index in [1.54, 1.807) is 18.4 Å². The summed E-state index contributed by atoms with van der Waals surface area (Å²) in [6.45, 7) is -0.118. The van der Waals surface area contributed by atoms with Crippen LogP contribution in [-0.2, 0) is 6.54 Å². The molecule has 1 heterocycles. The van der Waals surface area contributed by atoms with E-state index >= 15 is 0 Å². The molecular weight excluding hydrogens is 321 g/mol. The Labute approximate surface area is 139 Å². The van der Waals surface area contributed by atoms with E-state index in [-0.39, 0.29) is 11.8 Å². The van der Waals surface area contributed by atoms with Gasteiger partial charge in [0.15, 0.2) is 6.61 Å². The number of alkyl halides is 3. The number of nitrogens with one attached hydrogen (secondary N) is 1. The molecule has 2 rings (SSSR count). The Balaban J connectivity index is 1.87. The lowest BCUT2D eigenvalue weighted by Gasteiger charge is -2.22. The summed E-state index contributed by atoms with van der Waals surface area (Å²) in [5, 5.41) is 3.29. The van der Waals surface area contributed by atoms with Crippen LogP contribution in [0, 0.1) is 0 Å². The molecule has 0 amide bonds. The van der Waals surface area contributed by atoms with Crippen molar-refractivity contribution >= 4 is 0 Å². The molecule has 0 spiro atoms. The molecule has 0 aliphatic carbocycles. The van der Waals surface area contributed by atoms with Gasteiger partial charge < -0.3 is 14.5 Å². The first kappa shape index (κ1) is 18.4. The van der Waals surface area contributed by atoms with E-state index in [4.69, 9.17) is 9.15 Å². The summed E-state index contributed by atoms with van der Waals surface area (Å²) in [6.07, 6.45) is -2.70. The number of benzene rings is 1. The highest BCUT2D eigenvalue weighted by Gasteiger charge is 2.28. The second-order valence-corrected chi connectivity index (χ2v) is 5.68. The van der Waals surface area contributed by atoms with Crippen molar-refractivity contribution in [3.05, 3.63) is 54.0 Å². The number of hydrogen-bond acceptors (Lipinski definition) is 4. The highest BCUT2D eigenvalue weighted by atomic mass is 19.4. The highest BCUT2D eigenvalue weighted by Crippen LogP contribution is 2.20. The molecule has 4 nitrogen and oxygen atoms in total. The van der Waals surface area contributed by atoms with E-state index < -0.39 is 12.8 Å². The predicted molar refractivity (Wildman–Crippen MR) is 84.8 cm³/mol. The molecule has 0 aliphatic rings. The van der Waals surface area contributed by atoms with Crippen molar-refractivity contribution in [1.82, 2.24) is 10.2 Å². The van der Waals surface area contributed by atoms with Crippen LogP contribution in [0.25, 0.3) is 0 Å². The van der Waals surface area contributed by atoms with Crippen molar-refractivity contribution in [1.29, 1.82) is 0 Å². The molecule has 0 saturated carbocycles. The first-order chi connectivity index (χ1) is 11.3. The fraction of sp³-hybridized carbons (Fsp3) is 0.412. The minimum Gasteiger partial charge on any atom is -0.484 e. The summed E-state index contributed by atoms with van der Waals surface area (Å²) in [5.74, 6) is 1.07. The van der Waals surface area contributed by atoms with E-state index in [0.29, 0.717) is 13.1 Å². The Morgan fingerprint density at radius 3 is 2.62 bits per heavy atom. The van der Waals surface area contributed by atoms with Crippen molar-refractivity contribution in [3.8, 4) is 5.75 Å². The van der Waals surface area contributed by atoms with Crippen LogP contribution >= 0.6 is 0 Å². The fourth-order valence-corrected chi connectivity index (χ4v) is 2.28. The van der Waals surface area contributed by atoms with Crippen LogP contribution in [0.2, 0.25) is 0 Å². The lowest BCUT2D eigenvalue weighted by Crippen LogP contribution is -2.30. The van der Waals surface area contributed by atoms with Crippen LogP contribution in [0.3, 0.4) is 0 Å². The quantitative estimate of drug-likeness (QED) is 0.795. The van der Waals surface area contributed by atoms with Gasteiger partial charge in [-0.1, -0.05) is 12.1 Å². The van der Waals surface area contributed by atoms with Gasteiger partial charge in [0.2, 0.25) is 0 Å². The molecular formula is C17H21F3N2O2. The third-order valence-corrected chi connectivity index (χ3v) is 3.46. The van der Waals surface area contributed by atoms with Gasteiger partial charge in [0.1, 0.15) is 11.5 Å². The highest BCUT2D eigenvalue weighted by molar-refractivity contribution is 5.28. The average Bonchev–Trinajstić information content (AvgIpc) is 3.03. The predicted octanol–water partition coefficient (Wildman–Crippen LogP) is 3.61. The van der Waals surface area contributed by atoms with Gasteiger partial charge in [-0.15, -0.1) is 0 Å². The topological polar surface area (TPSA) is 37.6 Å². The Hall–Kier alpha value is -1.99. The van der Waals surface area contributed by atoms with Crippen molar-refractivity contribution in [2.24, 2.45) is 0 Å². The molecule has 1 aromatic heterocycles. The third kappa shape index (κ3) is 5.90. The van der Waals surface area contributed by atoms with Gasteiger partial charge in [0.25, 0.3) is 0 Å². The summed E-state index contributed by atoms with van der Waals surface area (Å²) in [6, 6.07) is 10.5. The number of ether oxygens (including phenoxy) is 1. The summed E-state index contributed by atoms with van der Waals surface area (Å²) in [7, 11) is 3.92. The minimum absolute atomic E-state index is 0.0738. The van der Waals surface area contributed by atoms with Gasteiger partial charge in [-0.05, 0) is 43.9 Å². The van der Waals surface area contributed by atoms with E-state index in [1.165, 1.54) is 6.07 Å². The SMILES string of the molecule is CN(C)C(CNCc1cccc(OCC(F)(F)F)c1)c1ccco1. The summed E-state index contributed by atoms with van der Waals surface area (Å²) < 4.78 is 46.8. The molecule has 1 unspecified atom stereocenters. The number of furan rings is 1. The smallest absolute Gasteiger partial charge is 0.422 e. The standard InChI is InChI=1S/C17H21F3N2O2/c1-22(2)15(16-7-4-8-23-16)11-21-10-13-5-3-6-14(9-13)24-12-17(18,19)20/h3-9,15,21H,10-12H2,1-2H3. The summed E-state index contributed by atoms with van der Waals surface area (Å²) in [5.41, 5.74) is 0.853. The summed E-state index contributed by atoms with van der Waals surface area (Å²) >= 11 is 0. The van der Waals surface area contributed by atoms with Crippen molar-refractivity contribution < 1.29 is 22.3 Å². The van der Waals surface area contributed by atoms with Crippen molar-refractivity contribution in [2.75, 3.05) is 27.2 Å². The zero-order valence-corrected chi connectivity index (χ0v) is 13.6. The molecule has 1 aromatic carbocycles. The zero-order chi connectivity index (χ0) is 17.6. The van der Waals surface area contributed by atoms with Crippen LogP contribution in [0.4, 0.5) is 13.2 Å². The first-order valence-electron chi connectivity index (χ1n) is 7.54. The Bertz CT molecular complexity index is 613. The van der Waals surface area contributed by atoms with Crippen molar-refractivity contribution in [3.63, 3.8) is 0 Å². The largest absolute Gasteiger partial charge is 0.484 e. The maximum Gasteiger partial charge on any atom is 0.422 e. The van der Waals surface area contributed by atoms with E-state index in [1.807, 2.05) is 37.2 Å². The lowest BCUT2D eigenvalue weighted by atomic mass is 10.2. The minimum atomic E-state index is -4.34. The number of likely N-dealkylation sites (N-methyl/N-ethyl adjacent to an activating group) is 1. The molecule has 24 heavy (non-hydrogen) atoms. The van der Waals surface area contributed by atoms with Gasteiger partial charge >= 0.3 is 6.18 Å². The monoisotopic (exact) mass is 342 g/mol. The normalized spacial score (nSPS) is 13.2. The second-order valence-electron chi connectivity index (χ2n) is 5.68.